The molecule has 4 heteroatoms. The molecule has 0 unspecified atom stereocenters. The molecular weight excluding hydrogens is 170 g/mol. The van der Waals surface area contributed by atoms with Crippen LogP contribution in [0.4, 0.5) is 0 Å². The Morgan fingerprint density at radius 2 is 2.46 bits per heavy atom. The van der Waals surface area contributed by atoms with Gasteiger partial charge >= 0.3 is 0 Å². The van der Waals surface area contributed by atoms with Gasteiger partial charge in [-0.25, -0.2) is 0 Å². The van der Waals surface area contributed by atoms with Crippen molar-refractivity contribution in [1.29, 1.82) is 0 Å². The van der Waals surface area contributed by atoms with Gasteiger partial charge in [0.15, 0.2) is 6.29 Å². The van der Waals surface area contributed by atoms with E-state index in [2.05, 4.69) is 0 Å². The summed E-state index contributed by atoms with van der Waals surface area (Å²) in [7, 11) is 1.65. The molecule has 4 atom stereocenters. The van der Waals surface area contributed by atoms with E-state index in [4.69, 9.17) is 9.47 Å². The number of carbonyl (C=O) groups excluding carboxylic acids is 1. The molecule has 3 rings (SSSR count). The first-order chi connectivity index (χ1) is 6.31. The first kappa shape index (κ1) is 7.76. The summed E-state index contributed by atoms with van der Waals surface area (Å²) >= 11 is 0. The molecule has 4 nitrogen and oxygen atoms in total. The normalized spacial score (nSPS) is 47.5. The molecule has 3 aliphatic rings. The fourth-order valence-electron chi connectivity index (χ4n) is 2.93. The van der Waals surface area contributed by atoms with Crippen LogP contribution in [0, 0.1) is 5.92 Å². The van der Waals surface area contributed by atoms with Crippen LogP contribution >= 0.6 is 0 Å². The van der Waals surface area contributed by atoms with E-state index in [9.17, 15) is 4.79 Å². The Morgan fingerprint density at radius 3 is 3.23 bits per heavy atom. The van der Waals surface area contributed by atoms with E-state index in [1.54, 1.807) is 7.11 Å². The summed E-state index contributed by atoms with van der Waals surface area (Å²) in [6.45, 7) is 0.876. The summed E-state index contributed by atoms with van der Waals surface area (Å²) in [4.78, 5) is 13.5. The smallest absolute Gasteiger partial charge is 0.223 e. The third-order valence-corrected chi connectivity index (χ3v) is 3.46. The molecule has 13 heavy (non-hydrogen) atoms. The average molecular weight is 183 g/mol. The first-order valence-electron chi connectivity index (χ1n) is 4.79. The van der Waals surface area contributed by atoms with Gasteiger partial charge in [-0.2, -0.15) is 0 Å². The van der Waals surface area contributed by atoms with Crippen molar-refractivity contribution in [3.05, 3.63) is 0 Å². The molecule has 0 bridgehead atoms. The molecular formula is C9H13NO3. The minimum absolute atomic E-state index is 0.149. The summed E-state index contributed by atoms with van der Waals surface area (Å²) in [6.07, 6.45) is 1.68. The number of ether oxygens (including phenoxy) is 2. The molecule has 0 aromatic heterocycles. The van der Waals surface area contributed by atoms with Crippen molar-refractivity contribution in [3.63, 3.8) is 0 Å². The second-order valence-corrected chi connectivity index (χ2v) is 4.01. The van der Waals surface area contributed by atoms with Gasteiger partial charge in [0, 0.05) is 26.0 Å². The third kappa shape index (κ3) is 0.849. The number of methoxy groups -OCH3 is 1. The summed E-state index contributed by atoms with van der Waals surface area (Å²) in [6, 6.07) is 0.317. The third-order valence-electron chi connectivity index (χ3n) is 3.46. The van der Waals surface area contributed by atoms with E-state index in [0.717, 1.165) is 13.0 Å². The van der Waals surface area contributed by atoms with Gasteiger partial charge < -0.3 is 14.4 Å². The second-order valence-electron chi connectivity index (χ2n) is 4.01. The lowest BCUT2D eigenvalue weighted by molar-refractivity contribution is -0.139. The number of carbonyl (C=O) groups is 1. The van der Waals surface area contributed by atoms with Gasteiger partial charge in [0.1, 0.15) is 0 Å². The fourth-order valence-corrected chi connectivity index (χ4v) is 2.93. The van der Waals surface area contributed by atoms with Gasteiger partial charge in [-0.3, -0.25) is 4.79 Å². The quantitative estimate of drug-likeness (QED) is 0.573. The van der Waals surface area contributed by atoms with Crippen molar-refractivity contribution in [3.8, 4) is 0 Å². The summed E-state index contributed by atoms with van der Waals surface area (Å²) < 4.78 is 10.9. The standard InChI is InChI=1S/C9H13NO3/c1-12-9-5-4-7(11)10-3-2-6(13-9)8(5)10/h5-6,8-9H,2-4H2,1H3/t5-,6+,8+,9+/m0/s1. The molecule has 0 aliphatic carbocycles. The van der Waals surface area contributed by atoms with Crippen LogP contribution in [0.25, 0.3) is 0 Å². The zero-order valence-electron chi connectivity index (χ0n) is 7.60. The Balaban J connectivity index is 1.92. The maximum atomic E-state index is 11.5. The zero-order valence-corrected chi connectivity index (χ0v) is 7.60. The van der Waals surface area contributed by atoms with Gasteiger partial charge in [0.2, 0.25) is 5.91 Å². The minimum Gasteiger partial charge on any atom is -0.355 e. The lowest BCUT2D eigenvalue weighted by Gasteiger charge is -2.16. The van der Waals surface area contributed by atoms with Crippen LogP contribution in [0.2, 0.25) is 0 Å². The monoisotopic (exact) mass is 183 g/mol. The fraction of sp³-hybridized carbons (Fsp3) is 0.889. The Bertz CT molecular complexity index is 255. The molecule has 3 saturated heterocycles. The van der Waals surface area contributed by atoms with Gasteiger partial charge in [-0.15, -0.1) is 0 Å². The molecule has 3 heterocycles. The predicted octanol–water partition coefficient (Wildman–Crippen LogP) is -0.0215. The average Bonchev–Trinajstić information content (AvgIpc) is 2.70. The van der Waals surface area contributed by atoms with E-state index >= 15 is 0 Å². The highest BCUT2D eigenvalue weighted by molar-refractivity contribution is 5.80. The van der Waals surface area contributed by atoms with Crippen molar-refractivity contribution < 1.29 is 14.3 Å². The highest BCUT2D eigenvalue weighted by atomic mass is 16.7. The van der Waals surface area contributed by atoms with Crippen LogP contribution in [-0.4, -0.2) is 42.9 Å². The molecule has 0 radical (unpaired) electrons. The molecule has 0 aromatic carbocycles. The largest absolute Gasteiger partial charge is 0.355 e. The second kappa shape index (κ2) is 2.45. The van der Waals surface area contributed by atoms with E-state index in [0.29, 0.717) is 12.5 Å². The van der Waals surface area contributed by atoms with Crippen LogP contribution < -0.4 is 0 Å². The highest BCUT2D eigenvalue weighted by Crippen LogP contribution is 2.44. The predicted molar refractivity (Wildman–Crippen MR) is 43.9 cm³/mol. The Kier molecular flexibility index (Phi) is 1.46. The number of rotatable bonds is 1. The van der Waals surface area contributed by atoms with Crippen molar-refractivity contribution in [2.24, 2.45) is 5.92 Å². The van der Waals surface area contributed by atoms with Crippen LogP contribution in [-0.2, 0) is 14.3 Å². The maximum absolute atomic E-state index is 11.5. The van der Waals surface area contributed by atoms with Gasteiger partial charge in [-0.1, -0.05) is 0 Å². The van der Waals surface area contributed by atoms with Crippen LogP contribution in [0.15, 0.2) is 0 Å². The van der Waals surface area contributed by atoms with E-state index in [1.165, 1.54) is 0 Å². The van der Waals surface area contributed by atoms with Crippen molar-refractivity contribution in [1.82, 2.24) is 4.90 Å². The Morgan fingerprint density at radius 1 is 1.62 bits per heavy atom. The molecule has 0 aromatic rings. The number of hydrogen-bond acceptors (Lipinski definition) is 3. The topological polar surface area (TPSA) is 38.8 Å². The molecule has 3 aliphatic heterocycles. The van der Waals surface area contributed by atoms with Crippen LogP contribution in [0.3, 0.4) is 0 Å². The SMILES string of the molecule is CO[C@@H]1O[C@@H]2CCN3C(=O)C[C@H]1[C@H]23. The lowest BCUT2D eigenvalue weighted by Crippen LogP contribution is -2.32. The first-order valence-corrected chi connectivity index (χ1v) is 4.79. The highest BCUT2D eigenvalue weighted by Gasteiger charge is 2.57. The van der Waals surface area contributed by atoms with Gasteiger partial charge in [0.25, 0.3) is 0 Å². The van der Waals surface area contributed by atoms with Gasteiger partial charge in [-0.05, 0) is 6.42 Å². The summed E-state index contributed by atoms with van der Waals surface area (Å²) in [5, 5.41) is 0. The zero-order chi connectivity index (χ0) is 9.00. The van der Waals surface area contributed by atoms with Gasteiger partial charge in [0.05, 0.1) is 12.1 Å². The molecule has 0 saturated carbocycles. The Hall–Kier alpha value is -0.610. The molecule has 72 valence electrons. The van der Waals surface area contributed by atoms with Crippen molar-refractivity contribution in [2.75, 3.05) is 13.7 Å². The molecule has 0 spiro atoms. The number of nitrogens with zero attached hydrogens (tertiary/aromatic N) is 1. The summed E-state index contributed by atoms with van der Waals surface area (Å²) in [5.74, 6) is 0.563. The van der Waals surface area contributed by atoms with Crippen LogP contribution in [0.1, 0.15) is 12.8 Å². The van der Waals surface area contributed by atoms with Crippen LogP contribution in [0.5, 0.6) is 0 Å². The number of hydrogen-bond donors (Lipinski definition) is 0. The molecule has 3 fully saturated rings. The van der Waals surface area contributed by atoms with E-state index in [1.807, 2.05) is 4.90 Å². The van der Waals surface area contributed by atoms with E-state index in [-0.39, 0.29) is 24.2 Å². The summed E-state index contributed by atoms with van der Waals surface area (Å²) in [5.41, 5.74) is 0. The Labute approximate surface area is 76.8 Å². The maximum Gasteiger partial charge on any atom is 0.223 e. The van der Waals surface area contributed by atoms with Crippen molar-refractivity contribution in [2.45, 2.75) is 31.3 Å². The molecule has 1 amide bonds. The lowest BCUT2D eigenvalue weighted by atomic mass is 9.99. The van der Waals surface area contributed by atoms with E-state index < -0.39 is 0 Å². The molecule has 0 N–H and O–H groups in total. The minimum atomic E-state index is -0.149. The number of amides is 1. The van der Waals surface area contributed by atoms with Crippen molar-refractivity contribution >= 4 is 5.91 Å².